The van der Waals surface area contributed by atoms with E-state index in [0.717, 1.165) is 38.7 Å². The fourth-order valence-electron chi connectivity index (χ4n) is 4.29. The first-order chi connectivity index (χ1) is 17.0. The Morgan fingerprint density at radius 3 is 2.57 bits per heavy atom. The maximum absolute atomic E-state index is 9.89. The molecule has 172 valence electrons. The van der Waals surface area contributed by atoms with Crippen LogP contribution < -0.4 is 0 Å². The number of hydrogen-bond donors (Lipinski definition) is 0. The third-order valence-electron chi connectivity index (χ3n) is 6.09. The van der Waals surface area contributed by atoms with E-state index in [9.17, 15) is 5.26 Å². The molecule has 35 heavy (non-hydrogen) atoms. The highest BCUT2D eigenvalue weighted by Crippen LogP contribution is 2.36. The second kappa shape index (κ2) is 9.93. The number of ether oxygens (including phenoxy) is 1. The van der Waals surface area contributed by atoms with Gasteiger partial charge in [-0.2, -0.15) is 5.26 Å². The van der Waals surface area contributed by atoms with Gasteiger partial charge in [-0.25, -0.2) is 4.98 Å². The van der Waals surface area contributed by atoms with Crippen molar-refractivity contribution in [1.29, 1.82) is 5.26 Å². The van der Waals surface area contributed by atoms with E-state index in [2.05, 4.69) is 35.3 Å². The zero-order valence-electron chi connectivity index (χ0n) is 19.0. The van der Waals surface area contributed by atoms with Gasteiger partial charge < -0.3 is 9.30 Å². The highest BCUT2D eigenvalue weighted by atomic mass is 35.5. The van der Waals surface area contributed by atoms with E-state index in [-0.39, 0.29) is 6.61 Å². The van der Waals surface area contributed by atoms with Crippen molar-refractivity contribution in [2.45, 2.75) is 12.7 Å². The normalized spacial score (nSPS) is 11.9. The molecule has 1 aromatic heterocycles. The predicted molar refractivity (Wildman–Crippen MR) is 140 cm³/mol. The van der Waals surface area contributed by atoms with Crippen LogP contribution in [0.1, 0.15) is 28.5 Å². The lowest BCUT2D eigenvalue weighted by Gasteiger charge is -2.21. The molecule has 0 aliphatic rings. The summed E-state index contributed by atoms with van der Waals surface area (Å²) in [6.07, 6.45) is 3.12. The molecule has 5 rings (SSSR count). The van der Waals surface area contributed by atoms with E-state index in [4.69, 9.17) is 27.9 Å². The van der Waals surface area contributed by atoms with Crippen LogP contribution in [0.25, 0.3) is 21.9 Å². The van der Waals surface area contributed by atoms with E-state index in [1.807, 2.05) is 54.1 Å². The molecule has 0 bridgehead atoms. The summed E-state index contributed by atoms with van der Waals surface area (Å²) >= 11 is 12.5. The molecular weight excluding hydrogens is 477 g/mol. The largest absolute Gasteiger partial charge is 0.362 e. The Morgan fingerprint density at radius 1 is 0.971 bits per heavy atom. The molecule has 1 atom stereocenters. The van der Waals surface area contributed by atoms with Crippen LogP contribution in [0.2, 0.25) is 10.0 Å². The van der Waals surface area contributed by atoms with Crippen molar-refractivity contribution in [3.8, 4) is 17.2 Å². The Hall–Kier alpha value is -3.62. The van der Waals surface area contributed by atoms with Gasteiger partial charge in [0.25, 0.3) is 0 Å². The van der Waals surface area contributed by atoms with E-state index >= 15 is 0 Å². The molecule has 0 fully saturated rings. The van der Waals surface area contributed by atoms with Crippen LogP contribution in [0.5, 0.6) is 0 Å². The Labute approximate surface area is 213 Å². The van der Waals surface area contributed by atoms with Gasteiger partial charge in [-0.1, -0.05) is 77.8 Å². The predicted octanol–water partition coefficient (Wildman–Crippen LogP) is 7.72. The zero-order chi connectivity index (χ0) is 24.4. The SMILES string of the molecule is Cn1cncc1C(OCc1ccc(Cl)cc1Cl)c1ccc(C#N)c(-c2cccc3ccccc23)c1. The average Bonchev–Trinajstić information content (AvgIpc) is 3.30. The maximum Gasteiger partial charge on any atom is 0.124 e. The standard InChI is InChI=1S/C29H21Cl2N3O/c1-34-18-33-16-28(34)29(35-17-22-11-12-23(30)14-27(22)31)20-9-10-21(15-32)26(13-20)25-8-4-6-19-5-2-3-7-24(19)25/h2-14,16,18,29H,17H2,1H3. The minimum absolute atomic E-state index is 0.287. The molecular formula is C29H21Cl2N3O. The van der Waals surface area contributed by atoms with Crippen LogP contribution >= 0.6 is 23.2 Å². The summed E-state index contributed by atoms with van der Waals surface area (Å²) in [6, 6.07) is 27.9. The van der Waals surface area contributed by atoms with Crippen LogP contribution in [0.15, 0.2) is 91.4 Å². The minimum atomic E-state index is -0.421. The summed E-state index contributed by atoms with van der Waals surface area (Å²) in [5.74, 6) is 0. The molecule has 0 saturated carbocycles. The topological polar surface area (TPSA) is 50.8 Å². The molecule has 0 N–H and O–H groups in total. The smallest absolute Gasteiger partial charge is 0.124 e. The number of benzene rings is 4. The summed E-state index contributed by atoms with van der Waals surface area (Å²) in [7, 11) is 1.93. The Kier molecular flexibility index (Phi) is 6.57. The molecule has 0 saturated heterocycles. The van der Waals surface area contributed by atoms with E-state index in [1.165, 1.54) is 0 Å². The van der Waals surface area contributed by atoms with Gasteiger partial charge in [-0.3, -0.25) is 0 Å². The molecule has 1 unspecified atom stereocenters. The van der Waals surface area contributed by atoms with Gasteiger partial charge in [-0.05, 0) is 51.7 Å². The Balaban J connectivity index is 1.60. The van der Waals surface area contributed by atoms with Crippen molar-refractivity contribution in [1.82, 2.24) is 9.55 Å². The molecule has 1 heterocycles. The third-order valence-corrected chi connectivity index (χ3v) is 6.68. The molecule has 0 radical (unpaired) electrons. The van der Waals surface area contributed by atoms with Crippen LogP contribution in [-0.2, 0) is 18.4 Å². The summed E-state index contributed by atoms with van der Waals surface area (Å²) in [6.45, 7) is 0.287. The van der Waals surface area contributed by atoms with E-state index < -0.39 is 6.10 Å². The molecule has 4 aromatic carbocycles. The number of aryl methyl sites for hydroxylation is 1. The Bertz CT molecular complexity index is 1560. The van der Waals surface area contributed by atoms with E-state index in [1.54, 1.807) is 24.7 Å². The van der Waals surface area contributed by atoms with Crippen LogP contribution in [0.4, 0.5) is 0 Å². The van der Waals surface area contributed by atoms with Crippen molar-refractivity contribution in [2.75, 3.05) is 0 Å². The van der Waals surface area contributed by atoms with E-state index in [0.29, 0.717) is 15.6 Å². The van der Waals surface area contributed by atoms with Gasteiger partial charge in [0.2, 0.25) is 0 Å². The fourth-order valence-corrected chi connectivity index (χ4v) is 4.75. The van der Waals surface area contributed by atoms with Gasteiger partial charge in [0.05, 0.1) is 36.5 Å². The first-order valence-corrected chi connectivity index (χ1v) is 11.8. The van der Waals surface area contributed by atoms with Gasteiger partial charge in [0.15, 0.2) is 0 Å². The maximum atomic E-state index is 9.89. The van der Waals surface area contributed by atoms with Crippen LogP contribution in [0, 0.1) is 11.3 Å². The highest BCUT2D eigenvalue weighted by Gasteiger charge is 2.21. The third kappa shape index (κ3) is 4.67. The molecule has 0 aliphatic heterocycles. The minimum Gasteiger partial charge on any atom is -0.362 e. The average molecular weight is 498 g/mol. The molecule has 6 heteroatoms. The molecule has 5 aromatic rings. The second-order valence-corrected chi connectivity index (χ2v) is 9.14. The number of nitriles is 1. The lowest BCUT2D eigenvalue weighted by molar-refractivity contribution is 0.0623. The number of aromatic nitrogens is 2. The quantitative estimate of drug-likeness (QED) is 0.241. The van der Waals surface area contributed by atoms with Gasteiger partial charge in [0.1, 0.15) is 6.10 Å². The van der Waals surface area contributed by atoms with Crippen molar-refractivity contribution in [2.24, 2.45) is 7.05 Å². The highest BCUT2D eigenvalue weighted by molar-refractivity contribution is 6.35. The number of fused-ring (bicyclic) bond motifs is 1. The molecule has 0 spiro atoms. The summed E-state index contributed by atoms with van der Waals surface area (Å²) in [4.78, 5) is 4.29. The second-order valence-electron chi connectivity index (χ2n) is 8.30. The number of imidazole rings is 1. The lowest BCUT2D eigenvalue weighted by atomic mass is 9.92. The van der Waals surface area contributed by atoms with Crippen molar-refractivity contribution in [3.05, 3.63) is 124 Å². The summed E-state index contributed by atoms with van der Waals surface area (Å²) in [5, 5.41) is 13.2. The fraction of sp³-hybridized carbons (Fsp3) is 0.103. The molecule has 4 nitrogen and oxygen atoms in total. The summed E-state index contributed by atoms with van der Waals surface area (Å²) in [5.41, 5.74) is 5.12. The molecule has 0 aliphatic carbocycles. The van der Waals surface area contributed by atoms with Gasteiger partial charge in [-0.15, -0.1) is 0 Å². The molecule has 0 amide bonds. The van der Waals surface area contributed by atoms with Crippen LogP contribution in [-0.4, -0.2) is 9.55 Å². The monoisotopic (exact) mass is 497 g/mol. The first-order valence-electron chi connectivity index (χ1n) is 11.1. The number of halogens is 2. The van der Waals surface area contributed by atoms with Gasteiger partial charge >= 0.3 is 0 Å². The number of hydrogen-bond acceptors (Lipinski definition) is 3. The first kappa shape index (κ1) is 23.1. The zero-order valence-corrected chi connectivity index (χ0v) is 20.5. The number of nitrogens with zero attached hydrogens (tertiary/aromatic N) is 3. The lowest BCUT2D eigenvalue weighted by Crippen LogP contribution is -2.11. The van der Waals surface area contributed by atoms with Gasteiger partial charge in [0, 0.05) is 22.7 Å². The Morgan fingerprint density at radius 2 is 1.80 bits per heavy atom. The van der Waals surface area contributed by atoms with Crippen molar-refractivity contribution >= 4 is 34.0 Å². The van der Waals surface area contributed by atoms with Crippen molar-refractivity contribution in [3.63, 3.8) is 0 Å². The van der Waals surface area contributed by atoms with Crippen molar-refractivity contribution < 1.29 is 4.74 Å². The summed E-state index contributed by atoms with van der Waals surface area (Å²) < 4.78 is 8.38. The number of rotatable bonds is 6. The van der Waals surface area contributed by atoms with Crippen LogP contribution in [0.3, 0.4) is 0 Å².